The predicted molar refractivity (Wildman–Crippen MR) is 90.9 cm³/mol. The van der Waals surface area contributed by atoms with E-state index in [2.05, 4.69) is 20.0 Å². The third kappa shape index (κ3) is 4.73. The van der Waals surface area contributed by atoms with Crippen LogP contribution < -0.4 is 10.0 Å². The van der Waals surface area contributed by atoms with Crippen LogP contribution in [0, 0.1) is 0 Å². The van der Waals surface area contributed by atoms with Gasteiger partial charge < -0.3 is 10.1 Å². The number of hydrogen-bond acceptors (Lipinski definition) is 6. The molecule has 8 heteroatoms. The standard InChI is InChI=1S/C16H20N4O3S/c21-24(22,11-13-4-2-1-3-5-13)20-14-7-9-23-10-15(14)19-16-6-8-17-12-18-16/h1-6,8,12,14-15,20H,7,9-11H2,(H,17,18,19)/t14-,15+/m1/s1. The van der Waals surface area contributed by atoms with Crippen LogP contribution in [0.1, 0.15) is 12.0 Å². The van der Waals surface area contributed by atoms with E-state index in [9.17, 15) is 8.42 Å². The van der Waals surface area contributed by atoms with E-state index < -0.39 is 10.0 Å². The molecule has 1 aliphatic heterocycles. The normalized spacial score (nSPS) is 21.3. The fraction of sp³-hybridized carbons (Fsp3) is 0.375. The molecule has 1 saturated heterocycles. The first kappa shape index (κ1) is 16.8. The minimum atomic E-state index is -3.44. The molecule has 128 valence electrons. The van der Waals surface area contributed by atoms with Gasteiger partial charge in [0.1, 0.15) is 12.1 Å². The summed E-state index contributed by atoms with van der Waals surface area (Å²) in [6.07, 6.45) is 3.69. The molecular formula is C16H20N4O3S. The van der Waals surface area contributed by atoms with Crippen molar-refractivity contribution in [2.75, 3.05) is 18.5 Å². The highest BCUT2D eigenvalue weighted by molar-refractivity contribution is 7.88. The average Bonchev–Trinajstić information content (AvgIpc) is 2.58. The Hall–Kier alpha value is -2.03. The second-order valence-electron chi connectivity index (χ2n) is 5.68. The summed E-state index contributed by atoms with van der Waals surface area (Å²) in [5, 5.41) is 3.21. The smallest absolute Gasteiger partial charge is 0.216 e. The lowest BCUT2D eigenvalue weighted by Gasteiger charge is -2.32. The second kappa shape index (κ2) is 7.69. The second-order valence-corrected chi connectivity index (χ2v) is 7.43. The minimum absolute atomic E-state index is 0.0363. The van der Waals surface area contributed by atoms with Crippen molar-refractivity contribution in [3.8, 4) is 0 Å². The van der Waals surface area contributed by atoms with Crippen molar-refractivity contribution in [1.82, 2.24) is 14.7 Å². The number of rotatable bonds is 6. The number of hydrogen-bond donors (Lipinski definition) is 2. The van der Waals surface area contributed by atoms with Crippen molar-refractivity contribution < 1.29 is 13.2 Å². The van der Waals surface area contributed by atoms with Gasteiger partial charge in [0.2, 0.25) is 10.0 Å². The monoisotopic (exact) mass is 348 g/mol. The molecule has 1 fully saturated rings. The molecule has 0 radical (unpaired) electrons. The third-order valence-corrected chi connectivity index (χ3v) is 5.18. The molecule has 1 aromatic carbocycles. The number of benzene rings is 1. The number of anilines is 1. The van der Waals surface area contributed by atoms with Crippen LogP contribution >= 0.6 is 0 Å². The molecule has 0 bridgehead atoms. The van der Waals surface area contributed by atoms with Crippen LogP contribution in [0.25, 0.3) is 0 Å². The van der Waals surface area contributed by atoms with Gasteiger partial charge >= 0.3 is 0 Å². The molecular weight excluding hydrogens is 328 g/mol. The Balaban J connectivity index is 1.67. The van der Waals surface area contributed by atoms with Crippen LogP contribution in [-0.4, -0.2) is 43.7 Å². The molecule has 1 aliphatic rings. The van der Waals surface area contributed by atoms with Gasteiger partial charge in [0.25, 0.3) is 0 Å². The third-order valence-electron chi connectivity index (χ3n) is 3.80. The number of aromatic nitrogens is 2. The van der Waals surface area contributed by atoms with E-state index in [1.807, 2.05) is 18.2 Å². The van der Waals surface area contributed by atoms with Crippen LogP contribution in [0.2, 0.25) is 0 Å². The maximum Gasteiger partial charge on any atom is 0.216 e. The number of sulfonamides is 1. The summed E-state index contributed by atoms with van der Waals surface area (Å²) in [6.45, 7) is 0.947. The zero-order chi connectivity index (χ0) is 16.8. The average molecular weight is 348 g/mol. The quantitative estimate of drug-likeness (QED) is 0.814. The molecule has 2 aromatic rings. The molecule has 0 unspecified atom stereocenters. The van der Waals surface area contributed by atoms with Gasteiger partial charge in [-0.25, -0.2) is 23.1 Å². The maximum absolute atomic E-state index is 12.5. The fourth-order valence-electron chi connectivity index (χ4n) is 2.65. The Morgan fingerprint density at radius 2 is 2.00 bits per heavy atom. The molecule has 3 rings (SSSR count). The number of nitrogens with one attached hydrogen (secondary N) is 2. The highest BCUT2D eigenvalue weighted by Gasteiger charge is 2.29. The van der Waals surface area contributed by atoms with E-state index in [0.717, 1.165) is 5.56 Å². The van der Waals surface area contributed by atoms with Crippen LogP contribution in [0.4, 0.5) is 5.82 Å². The Labute approximate surface area is 141 Å². The van der Waals surface area contributed by atoms with E-state index in [4.69, 9.17) is 4.74 Å². The number of nitrogens with zero attached hydrogens (tertiary/aromatic N) is 2. The Morgan fingerprint density at radius 3 is 2.75 bits per heavy atom. The molecule has 2 N–H and O–H groups in total. The van der Waals surface area contributed by atoms with Gasteiger partial charge in [-0.3, -0.25) is 0 Å². The lowest BCUT2D eigenvalue weighted by molar-refractivity contribution is 0.0731. The SMILES string of the molecule is O=S(=O)(Cc1ccccc1)N[C@@H]1CCOC[C@@H]1Nc1ccncn1. The Bertz CT molecular complexity index is 740. The van der Waals surface area contributed by atoms with Crippen molar-refractivity contribution in [1.29, 1.82) is 0 Å². The summed E-state index contributed by atoms with van der Waals surface area (Å²) in [6, 6.07) is 10.5. The van der Waals surface area contributed by atoms with E-state index >= 15 is 0 Å². The van der Waals surface area contributed by atoms with Crippen molar-refractivity contribution in [3.63, 3.8) is 0 Å². The summed E-state index contributed by atoms with van der Waals surface area (Å²) in [7, 11) is -3.44. The first-order valence-electron chi connectivity index (χ1n) is 7.77. The van der Waals surface area contributed by atoms with Gasteiger partial charge in [0.05, 0.1) is 18.4 Å². The van der Waals surface area contributed by atoms with E-state index in [1.165, 1.54) is 6.33 Å². The van der Waals surface area contributed by atoms with Gasteiger partial charge in [0.15, 0.2) is 0 Å². The summed E-state index contributed by atoms with van der Waals surface area (Å²) >= 11 is 0. The van der Waals surface area contributed by atoms with Crippen molar-refractivity contribution in [2.45, 2.75) is 24.3 Å². The first-order valence-corrected chi connectivity index (χ1v) is 9.42. The van der Waals surface area contributed by atoms with Crippen molar-refractivity contribution in [2.24, 2.45) is 0 Å². The highest BCUT2D eigenvalue weighted by Crippen LogP contribution is 2.15. The molecule has 0 spiro atoms. The van der Waals surface area contributed by atoms with Crippen LogP contribution in [0.3, 0.4) is 0 Å². The maximum atomic E-state index is 12.5. The lowest BCUT2D eigenvalue weighted by Crippen LogP contribution is -2.52. The van der Waals surface area contributed by atoms with Gasteiger partial charge in [0, 0.05) is 18.8 Å². The summed E-state index contributed by atoms with van der Waals surface area (Å²) in [5.74, 6) is 0.610. The molecule has 1 aromatic heterocycles. The predicted octanol–water partition coefficient (Wildman–Crippen LogP) is 1.17. The topological polar surface area (TPSA) is 93.2 Å². The van der Waals surface area contributed by atoms with Crippen LogP contribution in [0.5, 0.6) is 0 Å². The Morgan fingerprint density at radius 1 is 1.17 bits per heavy atom. The van der Waals surface area contributed by atoms with E-state index in [0.29, 0.717) is 25.5 Å². The van der Waals surface area contributed by atoms with Crippen molar-refractivity contribution in [3.05, 3.63) is 54.5 Å². The van der Waals surface area contributed by atoms with E-state index in [1.54, 1.807) is 24.4 Å². The molecule has 0 saturated carbocycles. The van der Waals surface area contributed by atoms with E-state index in [-0.39, 0.29) is 17.8 Å². The highest BCUT2D eigenvalue weighted by atomic mass is 32.2. The zero-order valence-electron chi connectivity index (χ0n) is 13.1. The van der Waals surface area contributed by atoms with Crippen molar-refractivity contribution >= 4 is 15.8 Å². The van der Waals surface area contributed by atoms with Gasteiger partial charge in [-0.15, -0.1) is 0 Å². The zero-order valence-corrected chi connectivity index (χ0v) is 13.9. The fourth-order valence-corrected chi connectivity index (χ4v) is 4.11. The molecule has 2 heterocycles. The molecule has 24 heavy (non-hydrogen) atoms. The number of ether oxygens (including phenoxy) is 1. The molecule has 0 amide bonds. The molecule has 0 aliphatic carbocycles. The van der Waals surface area contributed by atoms with Crippen LogP contribution in [-0.2, 0) is 20.5 Å². The lowest BCUT2D eigenvalue weighted by atomic mass is 10.1. The summed E-state index contributed by atoms with van der Waals surface area (Å²) in [4.78, 5) is 7.99. The summed E-state index contributed by atoms with van der Waals surface area (Å²) < 4.78 is 33.2. The Kier molecular flexibility index (Phi) is 5.39. The van der Waals surface area contributed by atoms with Gasteiger partial charge in [-0.2, -0.15) is 0 Å². The molecule has 7 nitrogen and oxygen atoms in total. The van der Waals surface area contributed by atoms with Crippen LogP contribution in [0.15, 0.2) is 48.9 Å². The minimum Gasteiger partial charge on any atom is -0.379 e. The first-order chi connectivity index (χ1) is 11.6. The van der Waals surface area contributed by atoms with Gasteiger partial charge in [-0.1, -0.05) is 30.3 Å². The van der Waals surface area contributed by atoms with Gasteiger partial charge in [-0.05, 0) is 18.1 Å². The molecule has 2 atom stereocenters. The largest absolute Gasteiger partial charge is 0.379 e. The summed E-state index contributed by atoms with van der Waals surface area (Å²) in [5.41, 5.74) is 0.761.